The molecule has 2 N–H and O–H groups in total. The molecule has 3 nitrogen and oxygen atoms in total. The summed E-state index contributed by atoms with van der Waals surface area (Å²) < 4.78 is 2.33. The highest BCUT2D eigenvalue weighted by atomic mass is 15.1. The van der Waals surface area contributed by atoms with E-state index in [1.165, 1.54) is 11.9 Å². The number of rotatable bonds is 6. The minimum absolute atomic E-state index is 0.0429. The molecule has 0 saturated heterocycles. The highest BCUT2D eigenvalue weighted by Gasteiger charge is 2.19. The highest BCUT2D eigenvalue weighted by molar-refractivity contribution is 5.76. The SMILES string of the molecule is CCCCC(N)c1nc2ccccc2n1C(C)CC. The predicted molar refractivity (Wildman–Crippen MR) is 81.2 cm³/mol. The lowest BCUT2D eigenvalue weighted by Crippen LogP contribution is -2.18. The second-order valence-corrected chi connectivity index (χ2v) is 5.33. The third kappa shape index (κ3) is 2.81. The Morgan fingerprint density at radius 2 is 2.00 bits per heavy atom. The Morgan fingerprint density at radius 3 is 2.68 bits per heavy atom. The molecule has 1 heterocycles. The van der Waals surface area contributed by atoms with Gasteiger partial charge in [0.2, 0.25) is 0 Å². The van der Waals surface area contributed by atoms with Crippen LogP contribution in [0.4, 0.5) is 0 Å². The summed E-state index contributed by atoms with van der Waals surface area (Å²) in [5, 5.41) is 0. The van der Waals surface area contributed by atoms with Crippen molar-refractivity contribution in [1.82, 2.24) is 9.55 Å². The summed E-state index contributed by atoms with van der Waals surface area (Å²) in [6, 6.07) is 8.81. The van der Waals surface area contributed by atoms with Gasteiger partial charge in [-0.2, -0.15) is 0 Å². The molecule has 0 aliphatic rings. The van der Waals surface area contributed by atoms with E-state index < -0.39 is 0 Å². The van der Waals surface area contributed by atoms with Gasteiger partial charge in [0.15, 0.2) is 0 Å². The van der Waals surface area contributed by atoms with Gasteiger partial charge in [0, 0.05) is 6.04 Å². The first-order chi connectivity index (χ1) is 9.19. The topological polar surface area (TPSA) is 43.8 Å². The number of benzene rings is 1. The van der Waals surface area contributed by atoms with Crippen molar-refractivity contribution in [2.24, 2.45) is 5.73 Å². The number of unbranched alkanes of at least 4 members (excludes halogenated alkanes) is 1. The van der Waals surface area contributed by atoms with Gasteiger partial charge in [-0.3, -0.25) is 0 Å². The summed E-state index contributed by atoms with van der Waals surface area (Å²) in [6.07, 6.45) is 4.44. The van der Waals surface area contributed by atoms with E-state index in [-0.39, 0.29) is 6.04 Å². The third-order valence-corrected chi connectivity index (χ3v) is 3.86. The van der Waals surface area contributed by atoms with Crippen molar-refractivity contribution in [3.63, 3.8) is 0 Å². The smallest absolute Gasteiger partial charge is 0.127 e. The van der Waals surface area contributed by atoms with Crippen LogP contribution in [-0.2, 0) is 0 Å². The molecule has 19 heavy (non-hydrogen) atoms. The van der Waals surface area contributed by atoms with Crippen LogP contribution >= 0.6 is 0 Å². The zero-order valence-corrected chi connectivity index (χ0v) is 12.3. The summed E-state index contributed by atoms with van der Waals surface area (Å²) >= 11 is 0. The molecule has 1 aromatic heterocycles. The minimum Gasteiger partial charge on any atom is -0.324 e. The number of nitrogens with two attached hydrogens (primary N) is 1. The van der Waals surface area contributed by atoms with E-state index in [2.05, 4.69) is 43.5 Å². The molecule has 0 spiro atoms. The molecule has 3 heteroatoms. The third-order valence-electron chi connectivity index (χ3n) is 3.86. The average molecular weight is 259 g/mol. The number of fused-ring (bicyclic) bond motifs is 1. The number of hydrogen-bond acceptors (Lipinski definition) is 2. The molecular weight excluding hydrogens is 234 g/mol. The van der Waals surface area contributed by atoms with Gasteiger partial charge in [0.1, 0.15) is 5.82 Å². The lowest BCUT2D eigenvalue weighted by Gasteiger charge is -2.19. The maximum Gasteiger partial charge on any atom is 0.127 e. The van der Waals surface area contributed by atoms with Crippen LogP contribution in [0.15, 0.2) is 24.3 Å². The van der Waals surface area contributed by atoms with Crippen LogP contribution in [0.25, 0.3) is 11.0 Å². The second-order valence-electron chi connectivity index (χ2n) is 5.33. The first-order valence-corrected chi connectivity index (χ1v) is 7.41. The minimum atomic E-state index is 0.0429. The van der Waals surface area contributed by atoms with E-state index >= 15 is 0 Å². The van der Waals surface area contributed by atoms with Crippen molar-refractivity contribution in [2.45, 2.75) is 58.5 Å². The van der Waals surface area contributed by atoms with Gasteiger partial charge < -0.3 is 10.3 Å². The standard InChI is InChI=1S/C16H25N3/c1-4-6-9-13(17)16-18-14-10-7-8-11-15(14)19(16)12(3)5-2/h7-8,10-13H,4-6,9,17H2,1-3H3. The van der Waals surface area contributed by atoms with E-state index in [1.54, 1.807) is 0 Å². The van der Waals surface area contributed by atoms with E-state index in [9.17, 15) is 0 Å². The highest BCUT2D eigenvalue weighted by Crippen LogP contribution is 2.27. The lowest BCUT2D eigenvalue weighted by molar-refractivity contribution is 0.479. The van der Waals surface area contributed by atoms with E-state index in [1.807, 2.05) is 6.07 Å². The fourth-order valence-corrected chi connectivity index (χ4v) is 2.52. The molecule has 0 aliphatic carbocycles. The van der Waals surface area contributed by atoms with Gasteiger partial charge in [0.25, 0.3) is 0 Å². The first kappa shape index (κ1) is 14.1. The average Bonchev–Trinajstić information content (AvgIpc) is 2.83. The predicted octanol–water partition coefficient (Wildman–Crippen LogP) is 4.20. The molecule has 2 atom stereocenters. The van der Waals surface area contributed by atoms with Gasteiger partial charge in [-0.05, 0) is 31.9 Å². The second kappa shape index (κ2) is 6.20. The fraction of sp³-hybridized carbons (Fsp3) is 0.562. The Labute approximate surface area is 115 Å². The quantitative estimate of drug-likeness (QED) is 0.845. The van der Waals surface area contributed by atoms with Gasteiger partial charge in [-0.25, -0.2) is 4.98 Å². The molecule has 2 unspecified atom stereocenters. The maximum absolute atomic E-state index is 6.35. The van der Waals surface area contributed by atoms with Crippen LogP contribution in [0.5, 0.6) is 0 Å². The fourth-order valence-electron chi connectivity index (χ4n) is 2.52. The van der Waals surface area contributed by atoms with Crippen LogP contribution in [0, 0.1) is 0 Å². The summed E-state index contributed by atoms with van der Waals surface area (Å²) in [4.78, 5) is 4.77. The maximum atomic E-state index is 6.35. The largest absolute Gasteiger partial charge is 0.324 e. The van der Waals surface area contributed by atoms with Crippen LogP contribution in [-0.4, -0.2) is 9.55 Å². The van der Waals surface area contributed by atoms with Crippen LogP contribution in [0.1, 0.15) is 64.4 Å². The zero-order valence-electron chi connectivity index (χ0n) is 12.3. The van der Waals surface area contributed by atoms with Gasteiger partial charge in [-0.15, -0.1) is 0 Å². The Hall–Kier alpha value is -1.35. The van der Waals surface area contributed by atoms with Gasteiger partial charge >= 0.3 is 0 Å². The molecular formula is C16H25N3. The van der Waals surface area contributed by atoms with Crippen molar-refractivity contribution in [3.8, 4) is 0 Å². The molecule has 0 fully saturated rings. The monoisotopic (exact) mass is 259 g/mol. The number of imidazole rings is 1. The van der Waals surface area contributed by atoms with Crippen molar-refractivity contribution >= 4 is 11.0 Å². The van der Waals surface area contributed by atoms with Crippen molar-refractivity contribution in [2.75, 3.05) is 0 Å². The number of nitrogens with zero attached hydrogens (tertiary/aromatic N) is 2. The molecule has 104 valence electrons. The summed E-state index contributed by atoms with van der Waals surface area (Å²) in [6.45, 7) is 6.65. The van der Waals surface area contributed by atoms with Gasteiger partial charge in [-0.1, -0.05) is 38.8 Å². The molecule has 1 aromatic carbocycles. The van der Waals surface area contributed by atoms with E-state index in [0.717, 1.165) is 30.6 Å². The zero-order chi connectivity index (χ0) is 13.8. The number of hydrogen-bond donors (Lipinski definition) is 1. The lowest BCUT2D eigenvalue weighted by atomic mass is 10.1. The Morgan fingerprint density at radius 1 is 1.26 bits per heavy atom. The van der Waals surface area contributed by atoms with Crippen LogP contribution in [0.3, 0.4) is 0 Å². The Bertz CT molecular complexity index is 530. The molecule has 0 radical (unpaired) electrons. The van der Waals surface area contributed by atoms with Crippen molar-refractivity contribution in [1.29, 1.82) is 0 Å². The van der Waals surface area contributed by atoms with Crippen molar-refractivity contribution in [3.05, 3.63) is 30.1 Å². The molecule has 0 saturated carbocycles. The number of aromatic nitrogens is 2. The normalized spacial score (nSPS) is 14.7. The Kier molecular flexibility index (Phi) is 4.59. The molecule has 0 amide bonds. The van der Waals surface area contributed by atoms with Crippen LogP contribution < -0.4 is 5.73 Å². The van der Waals surface area contributed by atoms with Crippen molar-refractivity contribution < 1.29 is 0 Å². The first-order valence-electron chi connectivity index (χ1n) is 7.41. The van der Waals surface area contributed by atoms with E-state index in [4.69, 9.17) is 10.7 Å². The molecule has 2 aromatic rings. The van der Waals surface area contributed by atoms with E-state index in [0.29, 0.717) is 6.04 Å². The summed E-state index contributed by atoms with van der Waals surface area (Å²) in [7, 11) is 0. The summed E-state index contributed by atoms with van der Waals surface area (Å²) in [5.41, 5.74) is 8.62. The molecule has 2 rings (SSSR count). The Balaban J connectivity index is 2.46. The summed E-state index contributed by atoms with van der Waals surface area (Å²) in [5.74, 6) is 1.05. The molecule has 0 aliphatic heterocycles. The van der Waals surface area contributed by atoms with Crippen LogP contribution in [0.2, 0.25) is 0 Å². The number of para-hydroxylation sites is 2. The molecule has 0 bridgehead atoms. The van der Waals surface area contributed by atoms with Gasteiger partial charge in [0.05, 0.1) is 17.1 Å².